The lowest BCUT2D eigenvalue weighted by atomic mass is 9.69. The zero-order valence-corrected chi connectivity index (χ0v) is 24.5. The number of unbranched alkanes of at least 4 members (excludes halogenated alkanes) is 2. The molecular weight excluding hydrogens is 542 g/mol. The molecular formula is C28H40Cl4O4. The SMILES string of the molecule is CCC(=O)CCCCC1CCC2C(=O)C(Cl)(Cl)C12.CCC(=O)CCCCC1CCC2C(=O)C(Cl)(Cl)C12. The van der Waals surface area contributed by atoms with E-state index in [2.05, 4.69) is 0 Å². The summed E-state index contributed by atoms with van der Waals surface area (Å²) < 4.78 is -2.24. The van der Waals surface area contributed by atoms with E-state index in [1.807, 2.05) is 13.8 Å². The highest BCUT2D eigenvalue weighted by Crippen LogP contribution is 2.61. The van der Waals surface area contributed by atoms with Crippen molar-refractivity contribution >= 4 is 69.5 Å². The van der Waals surface area contributed by atoms with Gasteiger partial charge < -0.3 is 0 Å². The molecule has 36 heavy (non-hydrogen) atoms. The van der Waals surface area contributed by atoms with E-state index in [-0.39, 0.29) is 35.2 Å². The van der Waals surface area contributed by atoms with Gasteiger partial charge in [-0.25, -0.2) is 0 Å². The minimum absolute atomic E-state index is 0.0273. The van der Waals surface area contributed by atoms with Gasteiger partial charge >= 0.3 is 0 Å². The van der Waals surface area contributed by atoms with Crippen molar-refractivity contribution in [2.45, 2.75) is 112 Å². The van der Waals surface area contributed by atoms with Crippen LogP contribution < -0.4 is 0 Å². The van der Waals surface area contributed by atoms with Crippen molar-refractivity contribution in [3.8, 4) is 0 Å². The number of carbonyl (C=O) groups excluding carboxylic acids is 4. The standard InChI is InChI=1S/2C14H20Cl2O2/c2*1-2-10(17)6-4-3-5-9-7-8-11-12(9)14(15,16)13(11)18/h2*9,11-12H,2-8H2,1H3. The molecule has 4 aliphatic carbocycles. The average Bonchev–Trinajstić information content (AvgIpc) is 3.46. The summed E-state index contributed by atoms with van der Waals surface area (Å²) in [4.78, 5) is 45.7. The Hall–Kier alpha value is -0.160. The van der Waals surface area contributed by atoms with Gasteiger partial charge in [0.2, 0.25) is 0 Å². The van der Waals surface area contributed by atoms with Crippen LogP contribution in [0.2, 0.25) is 0 Å². The first-order valence-electron chi connectivity index (χ1n) is 13.8. The third kappa shape index (κ3) is 6.35. The second-order valence-electron chi connectivity index (χ2n) is 11.2. The molecule has 0 radical (unpaired) electrons. The van der Waals surface area contributed by atoms with Crippen LogP contribution in [0.4, 0.5) is 0 Å². The lowest BCUT2D eigenvalue weighted by molar-refractivity contribution is -0.135. The van der Waals surface area contributed by atoms with Crippen LogP contribution in [0.25, 0.3) is 0 Å². The van der Waals surface area contributed by atoms with Gasteiger partial charge in [-0.15, -0.1) is 0 Å². The summed E-state index contributed by atoms with van der Waals surface area (Å²) in [6, 6.07) is 0. The Kier molecular flexibility index (Phi) is 10.8. The molecule has 4 rings (SSSR count). The van der Waals surface area contributed by atoms with E-state index < -0.39 is 8.67 Å². The molecule has 8 heteroatoms. The van der Waals surface area contributed by atoms with Gasteiger partial charge in [-0.1, -0.05) is 85.9 Å². The lowest BCUT2D eigenvalue weighted by Gasteiger charge is -2.44. The fraction of sp³-hybridized carbons (Fsp3) is 0.857. The molecule has 6 atom stereocenters. The molecule has 0 heterocycles. The first-order valence-corrected chi connectivity index (χ1v) is 15.4. The topological polar surface area (TPSA) is 68.3 Å². The summed E-state index contributed by atoms with van der Waals surface area (Å²) in [5.41, 5.74) is 0. The Bertz CT molecular complexity index is 771. The van der Waals surface area contributed by atoms with Gasteiger partial charge in [0.25, 0.3) is 0 Å². The van der Waals surface area contributed by atoms with Gasteiger partial charge in [0.1, 0.15) is 11.6 Å². The fourth-order valence-electron chi connectivity index (χ4n) is 6.94. The Labute approximate surface area is 235 Å². The predicted octanol–water partition coefficient (Wildman–Crippen LogP) is 7.85. The molecule has 4 aliphatic rings. The van der Waals surface area contributed by atoms with E-state index in [9.17, 15) is 19.2 Å². The maximum Gasteiger partial charge on any atom is 0.179 e. The highest BCUT2D eigenvalue weighted by atomic mass is 35.5. The van der Waals surface area contributed by atoms with Gasteiger partial charge in [0.05, 0.1) is 0 Å². The first-order chi connectivity index (χ1) is 17.0. The van der Waals surface area contributed by atoms with E-state index >= 15 is 0 Å². The summed E-state index contributed by atoms with van der Waals surface area (Å²) >= 11 is 24.4. The number of halogens is 4. The molecule has 4 nitrogen and oxygen atoms in total. The van der Waals surface area contributed by atoms with Crippen molar-refractivity contribution in [1.29, 1.82) is 0 Å². The van der Waals surface area contributed by atoms with Crippen molar-refractivity contribution in [2.75, 3.05) is 0 Å². The smallest absolute Gasteiger partial charge is 0.179 e. The van der Waals surface area contributed by atoms with E-state index in [0.717, 1.165) is 64.2 Å². The van der Waals surface area contributed by atoms with Crippen LogP contribution in [0.3, 0.4) is 0 Å². The highest BCUT2D eigenvalue weighted by Gasteiger charge is 2.65. The van der Waals surface area contributed by atoms with Gasteiger partial charge in [0, 0.05) is 49.4 Å². The highest BCUT2D eigenvalue weighted by molar-refractivity contribution is 6.61. The van der Waals surface area contributed by atoms with Crippen LogP contribution in [0, 0.1) is 35.5 Å². The van der Waals surface area contributed by atoms with E-state index in [0.29, 0.717) is 49.1 Å². The minimum atomic E-state index is -1.12. The third-order valence-corrected chi connectivity index (χ3v) is 10.9. The number of hydrogen-bond donors (Lipinski definition) is 0. The molecule has 6 unspecified atom stereocenters. The van der Waals surface area contributed by atoms with Crippen molar-refractivity contribution in [3.05, 3.63) is 0 Å². The monoisotopic (exact) mass is 580 g/mol. The van der Waals surface area contributed by atoms with Gasteiger partial charge in [-0.3, -0.25) is 19.2 Å². The second kappa shape index (κ2) is 12.8. The number of carbonyl (C=O) groups is 4. The lowest BCUT2D eigenvalue weighted by Crippen LogP contribution is -2.55. The predicted molar refractivity (Wildman–Crippen MR) is 146 cm³/mol. The van der Waals surface area contributed by atoms with Crippen molar-refractivity contribution in [2.24, 2.45) is 35.5 Å². The molecule has 0 N–H and O–H groups in total. The fourth-order valence-corrected chi connectivity index (χ4v) is 8.82. The quantitative estimate of drug-likeness (QED) is 0.174. The first kappa shape index (κ1) is 30.4. The Morgan fingerprint density at radius 1 is 0.667 bits per heavy atom. The van der Waals surface area contributed by atoms with E-state index in [1.165, 1.54) is 0 Å². The number of hydrogen-bond acceptors (Lipinski definition) is 4. The molecule has 0 spiro atoms. The van der Waals surface area contributed by atoms with Crippen LogP contribution in [-0.4, -0.2) is 31.8 Å². The maximum absolute atomic E-state index is 11.7. The van der Waals surface area contributed by atoms with Crippen LogP contribution in [0.15, 0.2) is 0 Å². The number of Topliss-reactive ketones (excluding diaryl/α,β-unsaturated/α-hetero) is 4. The Morgan fingerprint density at radius 2 is 1.03 bits per heavy atom. The Balaban J connectivity index is 0.000000201. The average molecular weight is 582 g/mol. The van der Waals surface area contributed by atoms with E-state index in [1.54, 1.807) is 0 Å². The van der Waals surface area contributed by atoms with Crippen LogP contribution in [-0.2, 0) is 19.2 Å². The number of alkyl halides is 4. The van der Waals surface area contributed by atoms with Crippen molar-refractivity contribution in [1.82, 2.24) is 0 Å². The third-order valence-electron chi connectivity index (χ3n) is 9.10. The molecule has 0 aromatic rings. The van der Waals surface area contributed by atoms with Crippen molar-refractivity contribution < 1.29 is 19.2 Å². The normalized spacial score (nSPS) is 33.1. The van der Waals surface area contributed by atoms with Gasteiger partial charge in [-0.05, 0) is 50.4 Å². The molecule has 0 bridgehead atoms. The molecule has 4 fully saturated rings. The zero-order valence-electron chi connectivity index (χ0n) is 21.5. The van der Waals surface area contributed by atoms with Crippen LogP contribution in [0.1, 0.15) is 104 Å². The summed E-state index contributed by atoms with van der Waals surface area (Å²) in [6.45, 7) is 3.80. The van der Waals surface area contributed by atoms with Crippen LogP contribution in [0.5, 0.6) is 0 Å². The molecule has 204 valence electrons. The van der Waals surface area contributed by atoms with Crippen LogP contribution >= 0.6 is 46.4 Å². The summed E-state index contributed by atoms with van der Waals surface area (Å²) in [7, 11) is 0. The van der Waals surface area contributed by atoms with Crippen molar-refractivity contribution in [3.63, 3.8) is 0 Å². The Morgan fingerprint density at radius 3 is 1.36 bits per heavy atom. The number of ketones is 4. The minimum Gasteiger partial charge on any atom is -0.300 e. The summed E-state index contributed by atoms with van der Waals surface area (Å²) in [5.74, 6) is 2.22. The second-order valence-corrected chi connectivity index (χ2v) is 14.0. The molecule has 0 aromatic heterocycles. The zero-order chi connectivity index (χ0) is 26.7. The summed E-state index contributed by atoms with van der Waals surface area (Å²) in [5, 5.41) is 0. The molecule has 0 aromatic carbocycles. The molecule has 4 saturated carbocycles. The number of fused-ring (bicyclic) bond motifs is 2. The number of rotatable bonds is 12. The molecule has 0 amide bonds. The van der Waals surface area contributed by atoms with E-state index in [4.69, 9.17) is 46.4 Å². The largest absolute Gasteiger partial charge is 0.300 e. The maximum atomic E-state index is 11.7. The summed E-state index contributed by atoms with van der Waals surface area (Å²) in [6.07, 6.45) is 12.7. The van der Waals surface area contributed by atoms with Gasteiger partial charge in [-0.2, -0.15) is 0 Å². The van der Waals surface area contributed by atoms with Gasteiger partial charge in [0.15, 0.2) is 20.2 Å². The molecule has 0 saturated heterocycles. The molecule has 0 aliphatic heterocycles.